The third kappa shape index (κ3) is 7.60. The summed E-state index contributed by atoms with van der Waals surface area (Å²) in [5, 5.41) is 2.70. The molecule has 0 fully saturated rings. The van der Waals surface area contributed by atoms with Crippen LogP contribution in [0.5, 0.6) is 0 Å². The van der Waals surface area contributed by atoms with E-state index < -0.39 is 23.5 Å². The summed E-state index contributed by atoms with van der Waals surface area (Å²) >= 11 is 1.12. The zero-order valence-electron chi connectivity index (χ0n) is 16.4. The number of amides is 1. The lowest BCUT2D eigenvalue weighted by atomic mass is 9.88. The fourth-order valence-electron chi connectivity index (χ4n) is 2.41. The van der Waals surface area contributed by atoms with E-state index in [1.807, 2.05) is 37.3 Å². The number of thioether (sulfide) groups is 1. The van der Waals surface area contributed by atoms with E-state index in [9.17, 15) is 14.4 Å². The van der Waals surface area contributed by atoms with Gasteiger partial charge in [-0.2, -0.15) is 0 Å². The van der Waals surface area contributed by atoms with Crippen molar-refractivity contribution in [3.05, 3.63) is 35.9 Å². The lowest BCUT2D eigenvalue weighted by Crippen LogP contribution is -2.46. The molecule has 2 unspecified atom stereocenters. The van der Waals surface area contributed by atoms with Crippen molar-refractivity contribution in [2.24, 2.45) is 5.92 Å². The summed E-state index contributed by atoms with van der Waals surface area (Å²) in [6.45, 7) is 10.4. The van der Waals surface area contributed by atoms with E-state index in [0.717, 1.165) is 17.3 Å². The summed E-state index contributed by atoms with van der Waals surface area (Å²) in [7, 11) is 0. The zero-order valence-corrected chi connectivity index (χ0v) is 17.2. The summed E-state index contributed by atoms with van der Waals surface area (Å²) in [4.78, 5) is 36.3. The van der Waals surface area contributed by atoms with Crippen molar-refractivity contribution >= 4 is 28.8 Å². The molecule has 1 amide bonds. The van der Waals surface area contributed by atoms with Gasteiger partial charge in [-0.15, -0.1) is 0 Å². The Morgan fingerprint density at radius 3 is 2.19 bits per heavy atom. The molecule has 0 bridgehead atoms. The van der Waals surface area contributed by atoms with Crippen molar-refractivity contribution in [2.75, 3.05) is 5.75 Å². The van der Waals surface area contributed by atoms with E-state index in [-0.39, 0.29) is 16.9 Å². The lowest BCUT2D eigenvalue weighted by Gasteiger charge is -2.26. The molecule has 0 aromatic heterocycles. The Morgan fingerprint density at radius 2 is 1.69 bits per heavy atom. The van der Waals surface area contributed by atoms with Gasteiger partial charge in [-0.3, -0.25) is 9.59 Å². The largest absolute Gasteiger partial charge is 0.458 e. The number of benzene rings is 1. The highest BCUT2D eigenvalue weighted by Crippen LogP contribution is 2.28. The van der Waals surface area contributed by atoms with E-state index in [0.29, 0.717) is 5.75 Å². The van der Waals surface area contributed by atoms with Crippen molar-refractivity contribution in [1.29, 1.82) is 0 Å². The number of hydrogen-bond donors (Lipinski definition) is 1. The van der Waals surface area contributed by atoms with Crippen LogP contribution in [0.1, 0.15) is 53.0 Å². The molecule has 144 valence electrons. The quantitative estimate of drug-likeness (QED) is 0.734. The highest BCUT2D eigenvalue weighted by atomic mass is 32.2. The Hall–Kier alpha value is -1.82. The summed E-state index contributed by atoms with van der Waals surface area (Å²) in [6.07, 6.45) is 0. The molecule has 1 N–H and O–H groups in total. The first-order chi connectivity index (χ1) is 12.0. The van der Waals surface area contributed by atoms with Crippen LogP contribution in [0.2, 0.25) is 0 Å². The summed E-state index contributed by atoms with van der Waals surface area (Å²) < 4.78 is 5.31. The van der Waals surface area contributed by atoms with Crippen molar-refractivity contribution in [3.63, 3.8) is 0 Å². The topological polar surface area (TPSA) is 72.5 Å². The van der Waals surface area contributed by atoms with Crippen LogP contribution >= 0.6 is 11.8 Å². The minimum atomic E-state index is -0.755. The van der Waals surface area contributed by atoms with Crippen molar-refractivity contribution < 1.29 is 19.1 Å². The molecule has 1 aromatic carbocycles. The third-order valence-corrected chi connectivity index (χ3v) is 4.78. The molecule has 1 rings (SSSR count). The molecule has 5 nitrogen and oxygen atoms in total. The van der Waals surface area contributed by atoms with Crippen LogP contribution in [0.25, 0.3) is 0 Å². The van der Waals surface area contributed by atoms with Crippen LogP contribution in [0.4, 0.5) is 0 Å². The molecule has 0 saturated heterocycles. The first kappa shape index (κ1) is 22.2. The molecule has 0 aliphatic rings. The minimum absolute atomic E-state index is 0.0387. The molecular weight excluding hydrogens is 350 g/mol. The summed E-state index contributed by atoms with van der Waals surface area (Å²) in [5.74, 6) is -0.895. The maximum atomic E-state index is 12.8. The van der Waals surface area contributed by atoms with Crippen molar-refractivity contribution in [2.45, 2.75) is 59.1 Å². The molecule has 1 aromatic rings. The Labute approximate surface area is 160 Å². The van der Waals surface area contributed by atoms with Gasteiger partial charge in [0.05, 0.1) is 5.92 Å². The van der Waals surface area contributed by atoms with Gasteiger partial charge < -0.3 is 10.1 Å². The number of carbonyl (C=O) groups excluding carboxylic acids is 3. The van der Waals surface area contributed by atoms with E-state index in [4.69, 9.17) is 4.74 Å². The number of rotatable bonds is 7. The van der Waals surface area contributed by atoms with Gasteiger partial charge in [0.1, 0.15) is 11.6 Å². The summed E-state index contributed by atoms with van der Waals surface area (Å²) in [6, 6.07) is 8.92. The maximum absolute atomic E-state index is 12.8. The van der Waals surface area contributed by atoms with Gasteiger partial charge in [0, 0.05) is 12.7 Å². The maximum Gasteiger partial charge on any atom is 0.328 e. The number of hydrogen-bond acceptors (Lipinski definition) is 5. The van der Waals surface area contributed by atoms with Crippen LogP contribution in [0.15, 0.2) is 30.3 Å². The third-order valence-electron chi connectivity index (χ3n) is 3.85. The van der Waals surface area contributed by atoms with Crippen molar-refractivity contribution in [3.8, 4) is 0 Å². The first-order valence-electron chi connectivity index (χ1n) is 8.73. The zero-order chi connectivity index (χ0) is 19.9. The molecule has 6 heteroatoms. The molecule has 26 heavy (non-hydrogen) atoms. The fourth-order valence-corrected chi connectivity index (χ4v) is 3.27. The number of ether oxygens (including phenoxy) is 1. The molecule has 0 spiro atoms. The Morgan fingerprint density at radius 1 is 1.12 bits per heavy atom. The van der Waals surface area contributed by atoms with Gasteiger partial charge in [-0.1, -0.05) is 49.0 Å². The average Bonchev–Trinajstić information content (AvgIpc) is 2.53. The normalized spacial score (nSPS) is 14.8. The molecule has 0 heterocycles. The Kier molecular flexibility index (Phi) is 8.34. The standard InChI is InChI=1S/C20H29NO4S/c1-13(16-10-8-7-9-11-16)17(12-26-15(3)22)18(23)21-14(2)19(24)25-20(4,5)6/h7-11,13-14,17H,12H2,1-6H3,(H,21,23)/t13?,14-,17?/m0/s1. The SMILES string of the molecule is CC(=O)SCC(C(=O)N[C@@H](C)C(=O)OC(C)(C)C)C(C)c1ccccc1. The Bertz CT molecular complexity index is 624. The van der Waals surface area contributed by atoms with Crippen LogP contribution in [0, 0.1) is 5.92 Å². The molecule has 3 atom stereocenters. The molecule has 0 aliphatic heterocycles. The van der Waals surface area contributed by atoms with Gasteiger partial charge in [0.15, 0.2) is 5.12 Å². The number of nitrogens with one attached hydrogen (secondary N) is 1. The number of carbonyl (C=O) groups is 3. The van der Waals surface area contributed by atoms with Crippen molar-refractivity contribution in [1.82, 2.24) is 5.32 Å². The highest BCUT2D eigenvalue weighted by molar-refractivity contribution is 8.13. The van der Waals surface area contributed by atoms with Gasteiger partial charge in [0.25, 0.3) is 0 Å². The fraction of sp³-hybridized carbons (Fsp3) is 0.550. The molecular formula is C20H29NO4S. The number of esters is 1. The molecule has 0 saturated carbocycles. The van der Waals surface area contributed by atoms with E-state index in [2.05, 4.69) is 5.32 Å². The van der Waals surface area contributed by atoms with E-state index >= 15 is 0 Å². The molecule has 0 aliphatic carbocycles. The predicted octanol–water partition coefficient (Wildman–Crippen LogP) is 3.53. The second kappa shape index (κ2) is 9.76. The smallest absolute Gasteiger partial charge is 0.328 e. The predicted molar refractivity (Wildman–Crippen MR) is 105 cm³/mol. The van der Waals surface area contributed by atoms with Gasteiger partial charge in [0.2, 0.25) is 5.91 Å². The van der Waals surface area contributed by atoms with Gasteiger partial charge in [-0.25, -0.2) is 4.79 Å². The summed E-state index contributed by atoms with van der Waals surface area (Å²) in [5.41, 5.74) is 0.402. The van der Waals surface area contributed by atoms with Gasteiger partial charge in [-0.05, 0) is 39.2 Å². The average molecular weight is 380 g/mol. The minimum Gasteiger partial charge on any atom is -0.458 e. The second-order valence-corrected chi connectivity index (χ2v) is 8.57. The van der Waals surface area contributed by atoms with E-state index in [1.54, 1.807) is 27.7 Å². The highest BCUT2D eigenvalue weighted by Gasteiger charge is 2.30. The Balaban J connectivity index is 2.87. The monoisotopic (exact) mass is 379 g/mol. The first-order valence-corrected chi connectivity index (χ1v) is 9.71. The second-order valence-electron chi connectivity index (χ2n) is 7.37. The van der Waals surface area contributed by atoms with Crippen LogP contribution in [-0.4, -0.2) is 34.4 Å². The van der Waals surface area contributed by atoms with Crippen LogP contribution < -0.4 is 5.32 Å². The lowest BCUT2D eigenvalue weighted by molar-refractivity contribution is -0.158. The van der Waals surface area contributed by atoms with Crippen LogP contribution in [0.3, 0.4) is 0 Å². The van der Waals surface area contributed by atoms with E-state index in [1.165, 1.54) is 6.92 Å². The van der Waals surface area contributed by atoms with Gasteiger partial charge >= 0.3 is 5.97 Å². The molecule has 0 radical (unpaired) electrons. The van der Waals surface area contributed by atoms with Crippen LogP contribution in [-0.2, 0) is 19.1 Å².